The number of hydrogen-bond donors (Lipinski definition) is 1. The molecule has 1 N–H and O–H groups in total. The second-order valence-electron chi connectivity index (χ2n) is 7.62. The molecule has 1 amide bonds. The van der Waals surface area contributed by atoms with Gasteiger partial charge in [0.15, 0.2) is 5.69 Å². The van der Waals surface area contributed by atoms with Crippen LogP contribution in [0.3, 0.4) is 0 Å². The first-order valence-corrected chi connectivity index (χ1v) is 9.91. The molecule has 0 aliphatic heterocycles. The molecule has 1 heterocycles. The minimum Gasteiger partial charge on any atom is -0.349 e. The molecular formula is C23H25FN4O. The first-order valence-electron chi connectivity index (χ1n) is 9.91. The molecule has 0 radical (unpaired) electrons. The number of fused-ring (bicyclic) bond motifs is 1. The SMILES string of the molecule is CN(C)C(CNC(=O)c1nn(-c2ccccc2)c2c1CCC2)c1ccc(F)cc1. The second kappa shape index (κ2) is 8.17. The molecule has 6 heteroatoms. The molecular weight excluding hydrogens is 367 g/mol. The minimum atomic E-state index is -0.266. The van der Waals surface area contributed by atoms with Crippen LogP contribution >= 0.6 is 0 Å². The average molecular weight is 392 g/mol. The van der Waals surface area contributed by atoms with Crippen LogP contribution < -0.4 is 5.32 Å². The Labute approximate surface area is 170 Å². The van der Waals surface area contributed by atoms with Crippen molar-refractivity contribution in [1.82, 2.24) is 20.0 Å². The van der Waals surface area contributed by atoms with E-state index in [0.29, 0.717) is 12.2 Å². The molecule has 5 nitrogen and oxygen atoms in total. The fourth-order valence-electron chi connectivity index (χ4n) is 3.96. The van der Waals surface area contributed by atoms with Gasteiger partial charge in [-0.2, -0.15) is 5.10 Å². The van der Waals surface area contributed by atoms with E-state index in [2.05, 4.69) is 10.4 Å². The Morgan fingerprint density at radius 3 is 2.55 bits per heavy atom. The molecule has 29 heavy (non-hydrogen) atoms. The maximum absolute atomic E-state index is 13.3. The summed E-state index contributed by atoms with van der Waals surface area (Å²) in [6.45, 7) is 0.421. The van der Waals surface area contributed by atoms with Crippen molar-refractivity contribution in [1.29, 1.82) is 0 Å². The third kappa shape index (κ3) is 3.93. The van der Waals surface area contributed by atoms with Crippen molar-refractivity contribution < 1.29 is 9.18 Å². The number of likely N-dealkylation sites (N-methyl/N-ethyl adjacent to an activating group) is 1. The molecule has 0 bridgehead atoms. The summed E-state index contributed by atoms with van der Waals surface area (Å²) in [4.78, 5) is 15.0. The highest BCUT2D eigenvalue weighted by Gasteiger charge is 2.27. The lowest BCUT2D eigenvalue weighted by molar-refractivity contribution is 0.0935. The number of rotatable bonds is 6. The van der Waals surface area contributed by atoms with Gasteiger partial charge in [0, 0.05) is 17.8 Å². The highest BCUT2D eigenvalue weighted by Crippen LogP contribution is 2.28. The monoisotopic (exact) mass is 392 g/mol. The average Bonchev–Trinajstić information content (AvgIpc) is 3.32. The summed E-state index contributed by atoms with van der Waals surface area (Å²) in [5.74, 6) is -0.427. The number of nitrogens with one attached hydrogen (secondary N) is 1. The quantitative estimate of drug-likeness (QED) is 0.698. The Hall–Kier alpha value is -2.99. The number of benzene rings is 2. The van der Waals surface area contributed by atoms with E-state index in [1.165, 1.54) is 12.1 Å². The maximum Gasteiger partial charge on any atom is 0.272 e. The van der Waals surface area contributed by atoms with E-state index < -0.39 is 0 Å². The first-order chi connectivity index (χ1) is 14.0. The molecule has 0 saturated heterocycles. The number of carbonyl (C=O) groups excluding carboxylic acids is 1. The Balaban J connectivity index is 1.55. The van der Waals surface area contributed by atoms with Crippen LogP contribution in [-0.4, -0.2) is 41.2 Å². The van der Waals surface area contributed by atoms with Crippen molar-refractivity contribution in [3.05, 3.63) is 82.9 Å². The first kappa shape index (κ1) is 19.3. The van der Waals surface area contributed by atoms with Crippen LogP contribution in [0.5, 0.6) is 0 Å². The molecule has 0 spiro atoms. The zero-order chi connectivity index (χ0) is 20.4. The Morgan fingerprint density at radius 1 is 1.14 bits per heavy atom. The van der Waals surface area contributed by atoms with Gasteiger partial charge in [-0.15, -0.1) is 0 Å². The van der Waals surface area contributed by atoms with Crippen molar-refractivity contribution in [3.63, 3.8) is 0 Å². The fraction of sp³-hybridized carbons (Fsp3) is 0.304. The number of para-hydroxylation sites is 1. The number of carbonyl (C=O) groups is 1. The van der Waals surface area contributed by atoms with Crippen LogP contribution in [0.15, 0.2) is 54.6 Å². The van der Waals surface area contributed by atoms with Gasteiger partial charge in [-0.25, -0.2) is 9.07 Å². The van der Waals surface area contributed by atoms with Crippen LogP contribution in [0.4, 0.5) is 4.39 Å². The molecule has 2 aromatic carbocycles. The van der Waals surface area contributed by atoms with Crippen LogP contribution in [0.2, 0.25) is 0 Å². The molecule has 1 aliphatic rings. The molecule has 1 atom stereocenters. The van der Waals surface area contributed by atoms with Crippen molar-refractivity contribution in [2.45, 2.75) is 25.3 Å². The minimum absolute atomic E-state index is 0.0520. The molecule has 3 aromatic rings. The van der Waals surface area contributed by atoms with Crippen LogP contribution in [0, 0.1) is 5.82 Å². The fourth-order valence-corrected chi connectivity index (χ4v) is 3.96. The molecule has 0 fully saturated rings. The van der Waals surface area contributed by atoms with Gasteiger partial charge in [0.05, 0.1) is 11.7 Å². The standard InChI is InChI=1S/C23H25FN4O/c1-27(2)21(16-11-13-17(24)14-12-16)15-25-23(29)22-19-9-6-10-20(19)28(26-22)18-7-4-3-5-8-18/h3-5,7-8,11-14,21H,6,9-10,15H2,1-2H3,(H,25,29). The molecule has 0 saturated carbocycles. The Morgan fingerprint density at radius 2 is 1.86 bits per heavy atom. The summed E-state index contributed by atoms with van der Waals surface area (Å²) in [6.07, 6.45) is 2.84. The van der Waals surface area contributed by atoms with Crippen LogP contribution in [-0.2, 0) is 12.8 Å². The van der Waals surface area contributed by atoms with Gasteiger partial charge in [-0.05, 0) is 63.2 Å². The largest absolute Gasteiger partial charge is 0.349 e. The highest BCUT2D eigenvalue weighted by atomic mass is 19.1. The van der Waals surface area contributed by atoms with Crippen molar-refractivity contribution >= 4 is 5.91 Å². The van der Waals surface area contributed by atoms with Crippen LogP contribution in [0.1, 0.15) is 39.8 Å². The Bertz CT molecular complexity index is 996. The third-order valence-electron chi connectivity index (χ3n) is 5.48. The van der Waals surface area contributed by atoms with Crippen LogP contribution in [0.25, 0.3) is 5.69 Å². The third-order valence-corrected chi connectivity index (χ3v) is 5.48. The van der Waals surface area contributed by atoms with Crippen molar-refractivity contribution in [2.24, 2.45) is 0 Å². The smallest absolute Gasteiger partial charge is 0.272 e. The van der Waals surface area contributed by atoms with E-state index >= 15 is 0 Å². The van der Waals surface area contributed by atoms with E-state index in [4.69, 9.17) is 0 Å². The van der Waals surface area contributed by atoms with E-state index in [1.807, 2.05) is 54.0 Å². The van der Waals surface area contributed by atoms with Gasteiger partial charge >= 0.3 is 0 Å². The van der Waals surface area contributed by atoms with Gasteiger partial charge in [-0.3, -0.25) is 4.79 Å². The van der Waals surface area contributed by atoms with E-state index in [1.54, 1.807) is 12.1 Å². The van der Waals surface area contributed by atoms with Gasteiger partial charge in [-0.1, -0.05) is 30.3 Å². The predicted octanol–water partition coefficient (Wildman–Crippen LogP) is 3.53. The van der Waals surface area contributed by atoms with E-state index in [0.717, 1.165) is 41.8 Å². The zero-order valence-electron chi connectivity index (χ0n) is 16.7. The summed E-state index contributed by atoms with van der Waals surface area (Å²) in [7, 11) is 3.89. The van der Waals surface area contributed by atoms with Gasteiger partial charge in [0.1, 0.15) is 5.82 Å². The Kier molecular flexibility index (Phi) is 5.45. The summed E-state index contributed by atoms with van der Waals surface area (Å²) >= 11 is 0. The van der Waals surface area contributed by atoms with Gasteiger partial charge in [0.2, 0.25) is 0 Å². The number of nitrogens with zero attached hydrogens (tertiary/aromatic N) is 3. The topological polar surface area (TPSA) is 50.2 Å². The second-order valence-corrected chi connectivity index (χ2v) is 7.62. The summed E-state index contributed by atoms with van der Waals surface area (Å²) in [5, 5.41) is 7.69. The lowest BCUT2D eigenvalue weighted by Gasteiger charge is -2.25. The molecule has 4 rings (SSSR count). The van der Waals surface area contributed by atoms with Gasteiger partial charge in [0.25, 0.3) is 5.91 Å². The zero-order valence-corrected chi connectivity index (χ0v) is 16.7. The molecule has 1 aliphatic carbocycles. The predicted molar refractivity (Wildman–Crippen MR) is 111 cm³/mol. The van der Waals surface area contributed by atoms with E-state index in [-0.39, 0.29) is 17.8 Å². The number of amides is 1. The number of aromatic nitrogens is 2. The summed E-state index contributed by atoms with van der Waals surface area (Å²) < 4.78 is 15.2. The van der Waals surface area contributed by atoms with E-state index in [9.17, 15) is 9.18 Å². The normalized spacial score (nSPS) is 14.1. The molecule has 1 aromatic heterocycles. The lowest BCUT2D eigenvalue weighted by Crippen LogP contribution is -2.35. The van der Waals surface area contributed by atoms with Crippen molar-refractivity contribution in [3.8, 4) is 5.69 Å². The lowest BCUT2D eigenvalue weighted by atomic mass is 10.1. The number of hydrogen-bond acceptors (Lipinski definition) is 3. The molecule has 1 unspecified atom stereocenters. The van der Waals surface area contributed by atoms with Gasteiger partial charge < -0.3 is 10.2 Å². The number of halogens is 1. The maximum atomic E-state index is 13.3. The van der Waals surface area contributed by atoms with Crippen molar-refractivity contribution in [2.75, 3.05) is 20.6 Å². The summed E-state index contributed by atoms with van der Waals surface area (Å²) in [5.41, 5.74) is 4.62. The molecule has 150 valence electrons. The summed E-state index contributed by atoms with van der Waals surface area (Å²) in [6, 6.07) is 16.3. The highest BCUT2D eigenvalue weighted by molar-refractivity contribution is 5.94.